The third kappa shape index (κ3) is 4.92. The lowest BCUT2D eigenvalue weighted by atomic mass is 10.2. The van der Waals surface area contributed by atoms with Gasteiger partial charge in [-0.2, -0.15) is 0 Å². The van der Waals surface area contributed by atoms with Crippen molar-refractivity contribution in [2.45, 2.75) is 13.0 Å². The van der Waals surface area contributed by atoms with Gasteiger partial charge in [-0.3, -0.25) is 9.69 Å². The molecule has 20 heavy (non-hydrogen) atoms. The van der Waals surface area contributed by atoms with Gasteiger partial charge in [0.2, 0.25) is 5.91 Å². The summed E-state index contributed by atoms with van der Waals surface area (Å²) >= 11 is 0. The molecule has 0 atom stereocenters. The molecule has 1 saturated heterocycles. The lowest BCUT2D eigenvalue weighted by Gasteiger charge is -2.26. The molecule has 0 spiro atoms. The minimum atomic E-state index is 0.0419. The molecule has 0 bridgehead atoms. The summed E-state index contributed by atoms with van der Waals surface area (Å²) < 4.78 is 5.34. The highest BCUT2D eigenvalue weighted by atomic mass is 16.5. The molecule has 1 fully saturated rings. The Kier molecular flexibility index (Phi) is 5.98. The Morgan fingerprint density at radius 2 is 1.95 bits per heavy atom. The molecule has 1 aromatic rings. The van der Waals surface area contributed by atoms with Crippen LogP contribution in [0.3, 0.4) is 0 Å². The standard InChI is InChI=1S/C15H23N3O2/c1-16-7-6-15(19)17-14-4-2-13(3-5-14)12-18-8-10-20-11-9-18/h2-5,16H,6-12H2,1H3,(H,17,19). The maximum Gasteiger partial charge on any atom is 0.225 e. The van der Waals surface area contributed by atoms with E-state index in [0.29, 0.717) is 13.0 Å². The number of anilines is 1. The zero-order chi connectivity index (χ0) is 14.2. The van der Waals surface area contributed by atoms with Gasteiger partial charge in [0.25, 0.3) is 0 Å². The number of benzene rings is 1. The van der Waals surface area contributed by atoms with Crippen LogP contribution in [-0.4, -0.2) is 50.7 Å². The second kappa shape index (κ2) is 7.99. The highest BCUT2D eigenvalue weighted by Gasteiger charge is 2.10. The molecule has 1 heterocycles. The predicted octanol–water partition coefficient (Wildman–Crippen LogP) is 1.07. The fraction of sp³-hybridized carbons (Fsp3) is 0.533. The first kappa shape index (κ1) is 15.0. The van der Waals surface area contributed by atoms with Crippen molar-refractivity contribution in [1.29, 1.82) is 0 Å². The molecule has 5 nitrogen and oxygen atoms in total. The van der Waals surface area contributed by atoms with E-state index in [9.17, 15) is 4.79 Å². The van der Waals surface area contributed by atoms with E-state index < -0.39 is 0 Å². The summed E-state index contributed by atoms with van der Waals surface area (Å²) in [7, 11) is 1.84. The summed E-state index contributed by atoms with van der Waals surface area (Å²) in [4.78, 5) is 14.0. The van der Waals surface area contributed by atoms with E-state index in [-0.39, 0.29) is 5.91 Å². The molecule has 1 aliphatic rings. The number of rotatable bonds is 6. The fourth-order valence-electron chi connectivity index (χ4n) is 2.17. The molecule has 1 amide bonds. The molecule has 1 aromatic carbocycles. The topological polar surface area (TPSA) is 53.6 Å². The van der Waals surface area contributed by atoms with E-state index in [0.717, 1.165) is 38.5 Å². The van der Waals surface area contributed by atoms with Crippen LogP contribution in [-0.2, 0) is 16.1 Å². The monoisotopic (exact) mass is 277 g/mol. The van der Waals surface area contributed by atoms with E-state index in [1.165, 1.54) is 5.56 Å². The Balaban J connectivity index is 1.81. The highest BCUT2D eigenvalue weighted by molar-refractivity contribution is 5.90. The number of ether oxygens (including phenoxy) is 1. The summed E-state index contributed by atoms with van der Waals surface area (Å²) in [5.41, 5.74) is 2.12. The highest BCUT2D eigenvalue weighted by Crippen LogP contribution is 2.12. The summed E-state index contributed by atoms with van der Waals surface area (Å²) in [6, 6.07) is 8.08. The molecule has 2 N–H and O–H groups in total. The molecule has 0 unspecified atom stereocenters. The van der Waals surface area contributed by atoms with Crippen LogP contribution >= 0.6 is 0 Å². The fourth-order valence-corrected chi connectivity index (χ4v) is 2.17. The van der Waals surface area contributed by atoms with Gasteiger partial charge in [-0.05, 0) is 24.7 Å². The summed E-state index contributed by atoms with van der Waals surface area (Å²) in [6.45, 7) is 5.25. The molecule has 110 valence electrons. The van der Waals surface area contributed by atoms with Gasteiger partial charge in [-0.25, -0.2) is 0 Å². The number of morpholine rings is 1. The van der Waals surface area contributed by atoms with Crippen molar-refractivity contribution in [2.75, 3.05) is 45.2 Å². The van der Waals surface area contributed by atoms with Gasteiger partial charge < -0.3 is 15.4 Å². The van der Waals surface area contributed by atoms with Crippen LogP contribution in [0.2, 0.25) is 0 Å². The molecule has 0 aromatic heterocycles. The van der Waals surface area contributed by atoms with Crippen molar-refractivity contribution in [1.82, 2.24) is 10.2 Å². The van der Waals surface area contributed by atoms with Crippen molar-refractivity contribution in [2.24, 2.45) is 0 Å². The molecule has 2 rings (SSSR count). The van der Waals surface area contributed by atoms with E-state index >= 15 is 0 Å². The first-order chi connectivity index (χ1) is 9.78. The summed E-state index contributed by atoms with van der Waals surface area (Å²) in [6.07, 6.45) is 0.492. The van der Waals surface area contributed by atoms with Crippen molar-refractivity contribution in [3.05, 3.63) is 29.8 Å². The molecular formula is C15H23N3O2. The van der Waals surface area contributed by atoms with E-state index in [2.05, 4.69) is 27.7 Å². The number of hydrogen-bond donors (Lipinski definition) is 2. The van der Waals surface area contributed by atoms with Crippen LogP contribution < -0.4 is 10.6 Å². The van der Waals surface area contributed by atoms with Crippen molar-refractivity contribution in [3.8, 4) is 0 Å². The second-order valence-corrected chi connectivity index (χ2v) is 4.99. The average Bonchev–Trinajstić information content (AvgIpc) is 2.48. The molecular weight excluding hydrogens is 254 g/mol. The minimum Gasteiger partial charge on any atom is -0.379 e. The van der Waals surface area contributed by atoms with Gasteiger partial charge in [-0.1, -0.05) is 12.1 Å². The predicted molar refractivity (Wildman–Crippen MR) is 79.7 cm³/mol. The Morgan fingerprint density at radius 3 is 2.60 bits per heavy atom. The SMILES string of the molecule is CNCCC(=O)Nc1ccc(CN2CCOCC2)cc1. The van der Waals surface area contributed by atoms with Crippen LogP contribution in [0.1, 0.15) is 12.0 Å². The van der Waals surface area contributed by atoms with E-state index in [4.69, 9.17) is 4.74 Å². The number of carbonyl (C=O) groups excluding carboxylic acids is 1. The zero-order valence-corrected chi connectivity index (χ0v) is 12.0. The number of nitrogens with zero attached hydrogens (tertiary/aromatic N) is 1. The normalized spacial score (nSPS) is 16.1. The first-order valence-corrected chi connectivity index (χ1v) is 7.11. The maximum atomic E-state index is 11.6. The lowest BCUT2D eigenvalue weighted by molar-refractivity contribution is -0.116. The number of amides is 1. The molecule has 0 radical (unpaired) electrons. The number of nitrogens with one attached hydrogen (secondary N) is 2. The van der Waals surface area contributed by atoms with Crippen molar-refractivity contribution in [3.63, 3.8) is 0 Å². The van der Waals surface area contributed by atoms with Crippen LogP contribution in [0.5, 0.6) is 0 Å². The molecule has 0 aliphatic carbocycles. The maximum absolute atomic E-state index is 11.6. The van der Waals surface area contributed by atoms with Crippen LogP contribution in [0, 0.1) is 0 Å². The van der Waals surface area contributed by atoms with Gasteiger partial charge >= 0.3 is 0 Å². The smallest absolute Gasteiger partial charge is 0.225 e. The largest absolute Gasteiger partial charge is 0.379 e. The minimum absolute atomic E-state index is 0.0419. The zero-order valence-electron chi connectivity index (χ0n) is 12.0. The van der Waals surface area contributed by atoms with Crippen LogP contribution in [0.25, 0.3) is 0 Å². The average molecular weight is 277 g/mol. The van der Waals surface area contributed by atoms with Gasteiger partial charge in [0.15, 0.2) is 0 Å². The lowest BCUT2D eigenvalue weighted by Crippen LogP contribution is -2.35. The third-order valence-corrected chi connectivity index (χ3v) is 3.35. The Hall–Kier alpha value is -1.43. The van der Waals surface area contributed by atoms with Crippen LogP contribution in [0.15, 0.2) is 24.3 Å². The Labute approximate surface area is 120 Å². The van der Waals surface area contributed by atoms with Gasteiger partial charge in [0.1, 0.15) is 0 Å². The van der Waals surface area contributed by atoms with E-state index in [1.807, 2.05) is 19.2 Å². The van der Waals surface area contributed by atoms with Crippen LogP contribution in [0.4, 0.5) is 5.69 Å². The van der Waals surface area contributed by atoms with Gasteiger partial charge in [0, 0.05) is 38.3 Å². The Bertz CT molecular complexity index is 414. The second-order valence-electron chi connectivity index (χ2n) is 4.99. The van der Waals surface area contributed by atoms with Crippen molar-refractivity contribution < 1.29 is 9.53 Å². The van der Waals surface area contributed by atoms with Gasteiger partial charge in [-0.15, -0.1) is 0 Å². The van der Waals surface area contributed by atoms with E-state index in [1.54, 1.807) is 0 Å². The van der Waals surface area contributed by atoms with Crippen molar-refractivity contribution >= 4 is 11.6 Å². The Morgan fingerprint density at radius 1 is 1.25 bits per heavy atom. The first-order valence-electron chi connectivity index (χ1n) is 7.11. The molecule has 0 saturated carbocycles. The molecule has 1 aliphatic heterocycles. The summed E-state index contributed by atoms with van der Waals surface area (Å²) in [5, 5.41) is 5.86. The number of carbonyl (C=O) groups is 1. The molecule has 5 heteroatoms. The summed E-state index contributed by atoms with van der Waals surface area (Å²) in [5.74, 6) is 0.0419. The number of hydrogen-bond acceptors (Lipinski definition) is 4. The quantitative estimate of drug-likeness (QED) is 0.816. The van der Waals surface area contributed by atoms with Gasteiger partial charge in [0.05, 0.1) is 13.2 Å². The third-order valence-electron chi connectivity index (χ3n) is 3.35.